The molecular formula is C30H36N2O5S. The van der Waals surface area contributed by atoms with Gasteiger partial charge in [0.2, 0.25) is 5.91 Å². The van der Waals surface area contributed by atoms with Crippen molar-refractivity contribution < 1.29 is 22.7 Å². The number of ether oxygens (including phenoxy) is 2. The molecule has 38 heavy (non-hydrogen) atoms. The van der Waals surface area contributed by atoms with E-state index < -0.39 is 10.0 Å². The van der Waals surface area contributed by atoms with Crippen LogP contribution in [0.2, 0.25) is 0 Å². The number of carbonyl (C=O) groups is 1. The van der Waals surface area contributed by atoms with E-state index in [-0.39, 0.29) is 23.0 Å². The molecule has 0 aliphatic carbocycles. The Morgan fingerprint density at radius 1 is 0.974 bits per heavy atom. The van der Waals surface area contributed by atoms with E-state index in [4.69, 9.17) is 9.47 Å². The van der Waals surface area contributed by atoms with Crippen LogP contribution in [0.1, 0.15) is 44.6 Å². The molecule has 4 rings (SSSR count). The van der Waals surface area contributed by atoms with Gasteiger partial charge < -0.3 is 14.4 Å². The summed E-state index contributed by atoms with van der Waals surface area (Å²) < 4.78 is 40.6. The van der Waals surface area contributed by atoms with Crippen LogP contribution in [-0.2, 0) is 21.2 Å². The molecule has 0 saturated carbocycles. The molecule has 3 aromatic rings. The maximum absolute atomic E-state index is 14.0. The first kappa shape index (κ1) is 27.5. The van der Waals surface area contributed by atoms with Crippen LogP contribution in [0.4, 0.5) is 11.4 Å². The zero-order valence-corrected chi connectivity index (χ0v) is 23.0. The van der Waals surface area contributed by atoms with Crippen LogP contribution < -0.4 is 18.7 Å². The minimum atomic E-state index is -4.10. The number of para-hydroxylation sites is 1. The van der Waals surface area contributed by atoms with Crippen molar-refractivity contribution in [3.63, 3.8) is 0 Å². The zero-order chi connectivity index (χ0) is 27.0. The van der Waals surface area contributed by atoms with Crippen molar-refractivity contribution in [1.29, 1.82) is 0 Å². The van der Waals surface area contributed by atoms with Crippen molar-refractivity contribution >= 4 is 27.3 Å². The Labute approximate surface area is 226 Å². The number of amides is 1. The number of nitrogens with zero attached hydrogens (tertiary/aromatic N) is 2. The maximum Gasteiger partial charge on any atom is 0.264 e. The number of aryl methyl sites for hydroxylation is 1. The number of hydrogen-bond donors (Lipinski definition) is 0. The molecule has 0 bridgehead atoms. The van der Waals surface area contributed by atoms with Crippen molar-refractivity contribution in [2.24, 2.45) is 0 Å². The smallest absolute Gasteiger partial charge is 0.264 e. The van der Waals surface area contributed by atoms with Crippen molar-refractivity contribution in [3.8, 4) is 11.5 Å². The van der Waals surface area contributed by atoms with Crippen LogP contribution in [0.15, 0.2) is 77.7 Å². The highest BCUT2D eigenvalue weighted by molar-refractivity contribution is 7.92. The molecule has 0 unspecified atom stereocenters. The van der Waals surface area contributed by atoms with Gasteiger partial charge in [0.15, 0.2) is 0 Å². The molecule has 0 aromatic heterocycles. The molecule has 0 fully saturated rings. The Bertz CT molecular complexity index is 1330. The third-order valence-corrected chi connectivity index (χ3v) is 8.48. The number of sulfonamides is 1. The van der Waals surface area contributed by atoms with E-state index in [0.717, 1.165) is 54.1 Å². The van der Waals surface area contributed by atoms with Gasteiger partial charge in [0.05, 0.1) is 24.3 Å². The number of anilines is 2. The van der Waals surface area contributed by atoms with E-state index in [9.17, 15) is 13.2 Å². The van der Waals surface area contributed by atoms with Gasteiger partial charge in [-0.1, -0.05) is 62.6 Å². The zero-order valence-electron chi connectivity index (χ0n) is 22.1. The molecule has 7 nitrogen and oxygen atoms in total. The maximum atomic E-state index is 14.0. The summed E-state index contributed by atoms with van der Waals surface area (Å²) in [4.78, 5) is 15.5. The molecule has 3 aromatic carbocycles. The molecule has 0 spiro atoms. The number of hydrogen-bond acceptors (Lipinski definition) is 5. The Balaban J connectivity index is 1.70. The fourth-order valence-corrected chi connectivity index (χ4v) is 6.13. The van der Waals surface area contributed by atoms with E-state index >= 15 is 0 Å². The van der Waals surface area contributed by atoms with Gasteiger partial charge in [0.1, 0.15) is 18.0 Å². The van der Waals surface area contributed by atoms with Crippen LogP contribution in [0.5, 0.6) is 11.5 Å². The molecular weight excluding hydrogens is 500 g/mol. The average Bonchev–Trinajstić information content (AvgIpc) is 2.95. The summed E-state index contributed by atoms with van der Waals surface area (Å²) in [6.45, 7) is 2.85. The van der Waals surface area contributed by atoms with E-state index in [1.807, 2.05) is 24.3 Å². The lowest BCUT2D eigenvalue weighted by Gasteiger charge is -2.32. The molecule has 8 heteroatoms. The summed E-state index contributed by atoms with van der Waals surface area (Å²) >= 11 is 0. The number of carbonyl (C=O) groups excluding carboxylic acids is 1. The van der Waals surface area contributed by atoms with Crippen molar-refractivity contribution in [2.45, 2.75) is 50.3 Å². The molecule has 1 heterocycles. The molecule has 0 N–H and O–H groups in total. The molecule has 1 amide bonds. The van der Waals surface area contributed by atoms with Gasteiger partial charge in [-0.05, 0) is 55.2 Å². The minimum absolute atomic E-state index is 0.0970. The van der Waals surface area contributed by atoms with Gasteiger partial charge in [-0.2, -0.15) is 0 Å². The molecule has 0 saturated heterocycles. The van der Waals surface area contributed by atoms with Crippen molar-refractivity contribution in [1.82, 2.24) is 0 Å². The fourth-order valence-electron chi connectivity index (χ4n) is 4.69. The first-order chi connectivity index (χ1) is 18.5. The summed E-state index contributed by atoms with van der Waals surface area (Å²) in [6.07, 6.45) is 5.96. The number of unbranched alkanes of at least 4 members (excludes halogenated alkanes) is 3. The van der Waals surface area contributed by atoms with Gasteiger partial charge in [0, 0.05) is 18.3 Å². The first-order valence-electron chi connectivity index (χ1n) is 13.2. The lowest BCUT2D eigenvalue weighted by molar-refractivity contribution is -0.117. The summed E-state index contributed by atoms with van der Waals surface area (Å²) in [5, 5.41) is 0. The average molecular weight is 537 g/mol. The molecule has 0 radical (unpaired) electrons. The Kier molecular flexibility index (Phi) is 9.29. The number of fused-ring (bicyclic) bond motifs is 1. The lowest BCUT2D eigenvalue weighted by Crippen LogP contribution is -2.45. The number of methoxy groups -OCH3 is 1. The Morgan fingerprint density at radius 2 is 1.74 bits per heavy atom. The van der Waals surface area contributed by atoms with Gasteiger partial charge in [0.25, 0.3) is 10.0 Å². The summed E-state index contributed by atoms with van der Waals surface area (Å²) in [5.74, 6) is 0.570. The highest BCUT2D eigenvalue weighted by Gasteiger charge is 2.32. The standard InChI is InChI=1S/C30H36N2O5S/c1-3-4-5-11-21-37-25-18-19-29(36-2)28(22-25)32(38(34,35)26-15-7-6-8-16-26)23-30(33)31-20-12-14-24-13-9-10-17-27(24)31/h6-10,13,15-19,22H,3-5,11-12,14,20-21,23H2,1-2H3. The van der Waals surface area contributed by atoms with Crippen molar-refractivity contribution in [2.75, 3.05) is 36.0 Å². The van der Waals surface area contributed by atoms with Crippen LogP contribution >= 0.6 is 0 Å². The quantitative estimate of drug-likeness (QED) is 0.272. The fraction of sp³-hybridized carbons (Fsp3) is 0.367. The second-order valence-corrected chi connectivity index (χ2v) is 11.2. The van der Waals surface area contributed by atoms with Crippen molar-refractivity contribution in [3.05, 3.63) is 78.4 Å². The first-order valence-corrected chi connectivity index (χ1v) is 14.7. The van der Waals surface area contributed by atoms with E-state index in [2.05, 4.69) is 6.92 Å². The van der Waals surface area contributed by atoms with E-state index in [1.165, 1.54) is 19.2 Å². The van der Waals surface area contributed by atoms with Crippen LogP contribution in [0, 0.1) is 0 Å². The topological polar surface area (TPSA) is 76.2 Å². The number of benzene rings is 3. The second kappa shape index (κ2) is 12.8. The summed E-state index contributed by atoms with van der Waals surface area (Å²) in [5.41, 5.74) is 2.18. The normalized spacial score (nSPS) is 13.1. The van der Waals surface area contributed by atoms with Gasteiger partial charge in [-0.25, -0.2) is 8.42 Å². The van der Waals surface area contributed by atoms with Crippen LogP contribution in [0.3, 0.4) is 0 Å². The lowest BCUT2D eigenvalue weighted by atomic mass is 10.0. The Morgan fingerprint density at radius 3 is 2.50 bits per heavy atom. The SMILES string of the molecule is CCCCCCOc1ccc(OC)c(N(CC(=O)N2CCCc3ccccc32)S(=O)(=O)c2ccccc2)c1. The molecule has 0 atom stereocenters. The Hall–Kier alpha value is -3.52. The van der Waals surface area contributed by atoms with Gasteiger partial charge >= 0.3 is 0 Å². The third-order valence-electron chi connectivity index (χ3n) is 6.71. The second-order valence-electron chi connectivity index (χ2n) is 9.35. The number of rotatable bonds is 12. The molecule has 1 aliphatic heterocycles. The van der Waals surface area contributed by atoms with E-state index in [0.29, 0.717) is 24.7 Å². The van der Waals surface area contributed by atoms with Gasteiger partial charge in [-0.3, -0.25) is 9.10 Å². The predicted molar refractivity (Wildman–Crippen MR) is 151 cm³/mol. The van der Waals surface area contributed by atoms with Crippen LogP contribution in [-0.4, -0.2) is 41.1 Å². The third kappa shape index (κ3) is 6.30. The largest absolute Gasteiger partial charge is 0.495 e. The minimum Gasteiger partial charge on any atom is -0.495 e. The summed E-state index contributed by atoms with van der Waals surface area (Å²) in [6, 6.07) is 21.0. The molecule has 202 valence electrons. The highest BCUT2D eigenvalue weighted by atomic mass is 32.2. The van der Waals surface area contributed by atoms with Gasteiger partial charge in [-0.15, -0.1) is 0 Å². The summed E-state index contributed by atoms with van der Waals surface area (Å²) in [7, 11) is -2.61. The van der Waals surface area contributed by atoms with Crippen LogP contribution in [0.25, 0.3) is 0 Å². The highest BCUT2D eigenvalue weighted by Crippen LogP contribution is 2.36. The molecule has 1 aliphatic rings. The van der Waals surface area contributed by atoms with E-state index in [1.54, 1.807) is 41.3 Å². The monoisotopic (exact) mass is 536 g/mol. The predicted octanol–water partition coefficient (Wildman–Crippen LogP) is 5.83.